The molecule has 0 saturated heterocycles. The molecule has 4 rings (SSSR count). The minimum Gasteiger partial charge on any atom is -0.357 e. The van der Waals surface area contributed by atoms with Gasteiger partial charge in [-0.1, -0.05) is 18.6 Å². The van der Waals surface area contributed by atoms with Crippen LogP contribution in [0.15, 0.2) is 42.6 Å². The van der Waals surface area contributed by atoms with Gasteiger partial charge in [-0.15, -0.1) is 0 Å². The first kappa shape index (κ1) is 15.4. The van der Waals surface area contributed by atoms with E-state index in [1.807, 2.05) is 12.3 Å². The number of nitrogens with one attached hydrogen (secondary N) is 2. The molecule has 0 unspecified atom stereocenters. The van der Waals surface area contributed by atoms with Crippen LogP contribution in [-0.2, 0) is 12.0 Å². The third-order valence-corrected chi connectivity index (χ3v) is 5.70. The standard InChI is InChI=1S/C21H25N3/c1-15-7-8-19-18(16(15)2)12-17(24-19)13-22-14-21(9-5-10-21)20-6-3-4-11-23-20/h3-4,6-8,11-12,22,24H,5,9-10,13-14H2,1-2H3. The summed E-state index contributed by atoms with van der Waals surface area (Å²) in [6, 6.07) is 12.9. The van der Waals surface area contributed by atoms with Crippen molar-refractivity contribution in [1.82, 2.24) is 15.3 Å². The fraction of sp³-hybridized carbons (Fsp3) is 0.381. The van der Waals surface area contributed by atoms with Crippen molar-refractivity contribution in [3.8, 4) is 0 Å². The average molecular weight is 319 g/mol. The molecule has 0 amide bonds. The van der Waals surface area contributed by atoms with Crippen molar-refractivity contribution < 1.29 is 0 Å². The zero-order valence-corrected chi connectivity index (χ0v) is 14.5. The number of rotatable bonds is 5. The summed E-state index contributed by atoms with van der Waals surface area (Å²) in [5, 5.41) is 5.01. The lowest BCUT2D eigenvalue weighted by Crippen LogP contribution is -2.44. The van der Waals surface area contributed by atoms with Gasteiger partial charge in [-0.3, -0.25) is 4.98 Å². The van der Waals surface area contributed by atoms with Gasteiger partial charge >= 0.3 is 0 Å². The van der Waals surface area contributed by atoms with Crippen LogP contribution in [0.3, 0.4) is 0 Å². The van der Waals surface area contributed by atoms with Gasteiger partial charge in [0.2, 0.25) is 0 Å². The third-order valence-electron chi connectivity index (χ3n) is 5.70. The Balaban J connectivity index is 1.46. The molecule has 3 heteroatoms. The minimum atomic E-state index is 0.236. The Labute approximate surface area is 143 Å². The highest BCUT2D eigenvalue weighted by Gasteiger charge is 2.39. The smallest absolute Gasteiger partial charge is 0.0478 e. The molecule has 1 fully saturated rings. The summed E-state index contributed by atoms with van der Waals surface area (Å²) >= 11 is 0. The molecule has 3 aromatic rings. The molecule has 0 radical (unpaired) electrons. The number of hydrogen-bond acceptors (Lipinski definition) is 2. The van der Waals surface area contributed by atoms with Crippen molar-refractivity contribution in [1.29, 1.82) is 0 Å². The van der Waals surface area contributed by atoms with E-state index in [9.17, 15) is 0 Å². The monoisotopic (exact) mass is 319 g/mol. The molecule has 0 atom stereocenters. The Hall–Kier alpha value is -2.13. The van der Waals surface area contributed by atoms with E-state index in [4.69, 9.17) is 0 Å². The summed E-state index contributed by atoms with van der Waals surface area (Å²) in [5.41, 5.74) is 6.70. The Kier molecular flexibility index (Phi) is 3.89. The van der Waals surface area contributed by atoms with E-state index in [2.05, 4.69) is 59.5 Å². The Morgan fingerprint density at radius 1 is 1.17 bits per heavy atom. The van der Waals surface area contributed by atoms with E-state index in [1.165, 1.54) is 52.7 Å². The zero-order valence-electron chi connectivity index (χ0n) is 14.5. The Morgan fingerprint density at radius 3 is 2.75 bits per heavy atom. The lowest BCUT2D eigenvalue weighted by molar-refractivity contribution is 0.226. The molecule has 3 nitrogen and oxygen atoms in total. The summed E-state index contributed by atoms with van der Waals surface area (Å²) in [7, 11) is 0. The van der Waals surface area contributed by atoms with Crippen molar-refractivity contribution in [2.45, 2.75) is 45.1 Å². The van der Waals surface area contributed by atoms with Crippen LogP contribution in [0.2, 0.25) is 0 Å². The first-order valence-electron chi connectivity index (χ1n) is 8.88. The number of hydrogen-bond donors (Lipinski definition) is 2. The number of nitrogens with zero attached hydrogens (tertiary/aromatic N) is 1. The van der Waals surface area contributed by atoms with Gasteiger partial charge in [-0.25, -0.2) is 0 Å². The predicted molar refractivity (Wildman–Crippen MR) is 99.2 cm³/mol. The van der Waals surface area contributed by atoms with E-state index in [0.29, 0.717) is 0 Å². The lowest BCUT2D eigenvalue weighted by atomic mass is 9.66. The van der Waals surface area contributed by atoms with Crippen molar-refractivity contribution in [3.63, 3.8) is 0 Å². The average Bonchev–Trinajstić information content (AvgIpc) is 2.98. The van der Waals surface area contributed by atoms with E-state index in [0.717, 1.165) is 13.1 Å². The van der Waals surface area contributed by atoms with Crippen LogP contribution in [0.4, 0.5) is 0 Å². The number of H-pyrrole nitrogens is 1. The maximum Gasteiger partial charge on any atom is 0.0478 e. The second-order valence-electron chi connectivity index (χ2n) is 7.22. The highest BCUT2D eigenvalue weighted by atomic mass is 14.9. The summed E-state index contributed by atoms with van der Waals surface area (Å²) in [4.78, 5) is 8.15. The maximum absolute atomic E-state index is 4.61. The van der Waals surface area contributed by atoms with Crippen LogP contribution in [-0.4, -0.2) is 16.5 Å². The molecule has 0 aliphatic heterocycles. The molecular weight excluding hydrogens is 294 g/mol. The number of aromatic nitrogens is 2. The molecule has 1 aromatic carbocycles. The van der Waals surface area contributed by atoms with Gasteiger partial charge in [0, 0.05) is 47.0 Å². The first-order valence-corrected chi connectivity index (χ1v) is 8.88. The largest absolute Gasteiger partial charge is 0.357 e. The third kappa shape index (κ3) is 2.63. The lowest BCUT2D eigenvalue weighted by Gasteiger charge is -2.41. The molecule has 124 valence electrons. The normalized spacial score (nSPS) is 16.2. The second kappa shape index (κ2) is 6.06. The molecule has 24 heavy (non-hydrogen) atoms. The quantitative estimate of drug-likeness (QED) is 0.732. The SMILES string of the molecule is Cc1ccc2[nH]c(CNCC3(c4ccccn4)CCC3)cc2c1C. The molecule has 2 heterocycles. The van der Waals surface area contributed by atoms with Crippen molar-refractivity contribution in [2.24, 2.45) is 0 Å². The van der Waals surface area contributed by atoms with Crippen LogP contribution in [0.25, 0.3) is 10.9 Å². The molecular formula is C21H25N3. The molecule has 1 aliphatic rings. The van der Waals surface area contributed by atoms with E-state index >= 15 is 0 Å². The summed E-state index contributed by atoms with van der Waals surface area (Å²) in [6.45, 7) is 6.25. The van der Waals surface area contributed by atoms with Gasteiger partial charge in [-0.05, 0) is 62.1 Å². The van der Waals surface area contributed by atoms with Crippen molar-refractivity contribution in [3.05, 3.63) is 65.1 Å². The fourth-order valence-corrected chi connectivity index (χ4v) is 3.85. The van der Waals surface area contributed by atoms with Gasteiger partial charge < -0.3 is 10.3 Å². The highest BCUT2D eigenvalue weighted by molar-refractivity contribution is 5.84. The number of benzene rings is 1. The minimum absolute atomic E-state index is 0.236. The van der Waals surface area contributed by atoms with Crippen LogP contribution >= 0.6 is 0 Å². The maximum atomic E-state index is 4.61. The molecule has 2 N–H and O–H groups in total. The van der Waals surface area contributed by atoms with Gasteiger partial charge in [0.15, 0.2) is 0 Å². The Morgan fingerprint density at radius 2 is 2.04 bits per heavy atom. The molecule has 2 aromatic heterocycles. The topological polar surface area (TPSA) is 40.7 Å². The van der Waals surface area contributed by atoms with Crippen LogP contribution in [0.5, 0.6) is 0 Å². The highest BCUT2D eigenvalue weighted by Crippen LogP contribution is 2.42. The Bertz CT molecular complexity index is 844. The van der Waals surface area contributed by atoms with Gasteiger partial charge in [0.25, 0.3) is 0 Å². The number of pyridine rings is 1. The van der Waals surface area contributed by atoms with Gasteiger partial charge in [0.05, 0.1) is 0 Å². The van der Waals surface area contributed by atoms with Gasteiger partial charge in [-0.2, -0.15) is 0 Å². The van der Waals surface area contributed by atoms with E-state index in [1.54, 1.807) is 0 Å². The van der Waals surface area contributed by atoms with Crippen molar-refractivity contribution >= 4 is 10.9 Å². The summed E-state index contributed by atoms with van der Waals surface area (Å²) in [5.74, 6) is 0. The van der Waals surface area contributed by atoms with Crippen LogP contribution in [0, 0.1) is 13.8 Å². The van der Waals surface area contributed by atoms with Crippen molar-refractivity contribution in [2.75, 3.05) is 6.54 Å². The van der Waals surface area contributed by atoms with E-state index in [-0.39, 0.29) is 5.41 Å². The summed E-state index contributed by atoms with van der Waals surface area (Å²) < 4.78 is 0. The van der Waals surface area contributed by atoms with Gasteiger partial charge in [0.1, 0.15) is 0 Å². The molecule has 0 bridgehead atoms. The van der Waals surface area contributed by atoms with Crippen LogP contribution < -0.4 is 5.32 Å². The van der Waals surface area contributed by atoms with Crippen LogP contribution in [0.1, 0.15) is 41.8 Å². The first-order chi connectivity index (χ1) is 11.7. The second-order valence-corrected chi connectivity index (χ2v) is 7.22. The number of aryl methyl sites for hydroxylation is 2. The number of aromatic amines is 1. The summed E-state index contributed by atoms with van der Waals surface area (Å²) in [6.07, 6.45) is 5.70. The predicted octanol–water partition coefficient (Wildman–Crippen LogP) is 4.39. The number of fused-ring (bicyclic) bond motifs is 1. The molecule has 1 saturated carbocycles. The molecule has 0 spiro atoms. The molecule has 1 aliphatic carbocycles. The fourth-order valence-electron chi connectivity index (χ4n) is 3.85. The van der Waals surface area contributed by atoms with E-state index < -0.39 is 0 Å². The zero-order chi connectivity index (χ0) is 16.6.